The van der Waals surface area contributed by atoms with Gasteiger partial charge in [0.2, 0.25) is 0 Å². The van der Waals surface area contributed by atoms with Gasteiger partial charge >= 0.3 is 0 Å². The van der Waals surface area contributed by atoms with Crippen LogP contribution in [0.5, 0.6) is 5.75 Å². The van der Waals surface area contributed by atoms with Gasteiger partial charge in [-0.05, 0) is 35.9 Å². The first-order valence-electron chi connectivity index (χ1n) is 5.49. The maximum atomic E-state index is 13.8. The van der Waals surface area contributed by atoms with Gasteiger partial charge in [0, 0.05) is 14.5 Å². The van der Waals surface area contributed by atoms with Crippen LogP contribution in [0.4, 0.5) is 4.39 Å². The number of halogens is 3. The number of hydrogen-bond acceptors (Lipinski definition) is 2. The van der Waals surface area contributed by atoms with Crippen LogP contribution in [-0.4, -0.2) is 12.2 Å². The molecule has 100 valence electrons. The van der Waals surface area contributed by atoms with Crippen molar-refractivity contribution in [1.82, 2.24) is 0 Å². The first-order valence-corrected chi connectivity index (χ1v) is 7.08. The molecule has 1 atom stereocenters. The summed E-state index contributed by atoms with van der Waals surface area (Å²) < 4.78 is 20.2. The lowest BCUT2D eigenvalue weighted by Crippen LogP contribution is -2.03. The number of aliphatic hydroxyl groups is 1. The van der Waals surface area contributed by atoms with E-state index in [-0.39, 0.29) is 5.56 Å². The molecule has 0 amide bonds. The Hall–Kier alpha value is -0.910. The summed E-state index contributed by atoms with van der Waals surface area (Å²) in [7, 11) is 1.56. The van der Waals surface area contributed by atoms with Crippen LogP contribution in [0.25, 0.3) is 0 Å². The zero-order chi connectivity index (χ0) is 14.0. The van der Waals surface area contributed by atoms with Crippen molar-refractivity contribution in [1.29, 1.82) is 0 Å². The van der Waals surface area contributed by atoms with Crippen LogP contribution in [-0.2, 0) is 0 Å². The number of benzene rings is 2. The monoisotopic (exact) mass is 388 g/mol. The molecule has 0 bridgehead atoms. The average molecular weight is 390 g/mol. The van der Waals surface area contributed by atoms with Gasteiger partial charge in [0.15, 0.2) is 0 Å². The number of aliphatic hydroxyl groups excluding tert-OH is 1. The molecule has 2 aromatic carbocycles. The van der Waals surface area contributed by atoms with E-state index in [1.54, 1.807) is 37.4 Å². The summed E-state index contributed by atoms with van der Waals surface area (Å²) in [6, 6.07) is 9.63. The van der Waals surface area contributed by atoms with Gasteiger partial charge in [0.1, 0.15) is 17.7 Å². The van der Waals surface area contributed by atoms with Crippen LogP contribution in [0.1, 0.15) is 17.2 Å². The lowest BCUT2D eigenvalue weighted by atomic mass is 10.0. The van der Waals surface area contributed by atoms with Crippen LogP contribution in [0.3, 0.4) is 0 Å². The summed E-state index contributed by atoms with van der Waals surface area (Å²) in [5.41, 5.74) is 0.804. The summed E-state index contributed by atoms with van der Waals surface area (Å²) in [5, 5.41) is 10.3. The Balaban J connectivity index is 2.43. The molecular formula is C14H11Br2FO2. The van der Waals surface area contributed by atoms with E-state index in [1.165, 1.54) is 6.07 Å². The largest absolute Gasteiger partial charge is 0.497 e. The summed E-state index contributed by atoms with van der Waals surface area (Å²) in [6.45, 7) is 0. The molecule has 2 rings (SSSR count). The zero-order valence-corrected chi connectivity index (χ0v) is 13.2. The van der Waals surface area contributed by atoms with Crippen molar-refractivity contribution in [3.8, 4) is 5.75 Å². The maximum absolute atomic E-state index is 13.8. The van der Waals surface area contributed by atoms with E-state index in [4.69, 9.17) is 4.74 Å². The van der Waals surface area contributed by atoms with Crippen molar-refractivity contribution in [3.63, 3.8) is 0 Å². The standard InChI is InChI=1S/C14H11Br2FO2/c1-19-9-3-4-10(12(16)7-9)14(18)11-6-8(15)2-5-13(11)17/h2-7,14,18H,1H3. The number of ether oxygens (including phenoxy) is 1. The van der Waals surface area contributed by atoms with E-state index < -0.39 is 11.9 Å². The minimum absolute atomic E-state index is 0.222. The summed E-state index contributed by atoms with van der Waals surface area (Å²) in [5.74, 6) is 0.218. The highest BCUT2D eigenvalue weighted by atomic mass is 79.9. The third kappa shape index (κ3) is 3.16. The molecule has 1 N–H and O–H groups in total. The fourth-order valence-electron chi connectivity index (χ4n) is 1.75. The van der Waals surface area contributed by atoms with Crippen LogP contribution in [0.2, 0.25) is 0 Å². The Morgan fingerprint density at radius 3 is 2.47 bits per heavy atom. The summed E-state index contributed by atoms with van der Waals surface area (Å²) in [4.78, 5) is 0. The van der Waals surface area contributed by atoms with Crippen molar-refractivity contribution >= 4 is 31.9 Å². The van der Waals surface area contributed by atoms with Crippen LogP contribution in [0.15, 0.2) is 45.3 Å². The molecule has 0 heterocycles. The third-order valence-corrected chi connectivity index (χ3v) is 3.93. The smallest absolute Gasteiger partial charge is 0.129 e. The minimum atomic E-state index is -1.04. The molecule has 0 aliphatic rings. The van der Waals surface area contributed by atoms with E-state index in [0.29, 0.717) is 20.3 Å². The molecule has 0 aromatic heterocycles. The number of rotatable bonds is 3. The molecule has 2 aromatic rings. The molecule has 19 heavy (non-hydrogen) atoms. The Kier molecular flexibility index (Phi) is 4.60. The highest BCUT2D eigenvalue weighted by Gasteiger charge is 2.18. The van der Waals surface area contributed by atoms with E-state index in [9.17, 15) is 9.50 Å². The highest BCUT2D eigenvalue weighted by molar-refractivity contribution is 9.10. The van der Waals surface area contributed by atoms with Gasteiger partial charge in [-0.2, -0.15) is 0 Å². The fraction of sp³-hybridized carbons (Fsp3) is 0.143. The van der Waals surface area contributed by atoms with E-state index in [2.05, 4.69) is 31.9 Å². The zero-order valence-electron chi connectivity index (χ0n) is 10.0. The van der Waals surface area contributed by atoms with Crippen molar-refractivity contribution in [2.75, 3.05) is 7.11 Å². The van der Waals surface area contributed by atoms with Gasteiger partial charge in [0.25, 0.3) is 0 Å². The van der Waals surface area contributed by atoms with Gasteiger partial charge < -0.3 is 9.84 Å². The molecule has 0 spiro atoms. The van der Waals surface area contributed by atoms with Gasteiger partial charge in [-0.1, -0.05) is 37.9 Å². The van der Waals surface area contributed by atoms with Crippen LogP contribution < -0.4 is 4.74 Å². The summed E-state index contributed by atoms with van der Waals surface area (Å²) in [6.07, 6.45) is -1.04. The van der Waals surface area contributed by atoms with Gasteiger partial charge in [-0.3, -0.25) is 0 Å². The first kappa shape index (κ1) is 14.5. The van der Waals surface area contributed by atoms with Gasteiger partial charge in [-0.25, -0.2) is 4.39 Å². The Morgan fingerprint density at radius 2 is 1.84 bits per heavy atom. The van der Waals surface area contributed by atoms with Gasteiger partial charge in [0.05, 0.1) is 7.11 Å². The van der Waals surface area contributed by atoms with Crippen molar-refractivity contribution in [2.45, 2.75) is 6.10 Å². The molecule has 1 unspecified atom stereocenters. The van der Waals surface area contributed by atoms with E-state index in [1.807, 2.05) is 0 Å². The molecule has 5 heteroatoms. The SMILES string of the molecule is COc1ccc(C(O)c2cc(Br)ccc2F)c(Br)c1. The lowest BCUT2D eigenvalue weighted by molar-refractivity contribution is 0.214. The van der Waals surface area contributed by atoms with Crippen molar-refractivity contribution < 1.29 is 14.2 Å². The topological polar surface area (TPSA) is 29.5 Å². The lowest BCUT2D eigenvalue weighted by Gasteiger charge is -2.15. The fourth-order valence-corrected chi connectivity index (χ4v) is 2.70. The van der Waals surface area contributed by atoms with Crippen molar-refractivity contribution in [3.05, 3.63) is 62.3 Å². The van der Waals surface area contributed by atoms with Crippen LogP contribution >= 0.6 is 31.9 Å². The molecular weight excluding hydrogens is 379 g/mol. The minimum Gasteiger partial charge on any atom is -0.497 e. The average Bonchev–Trinajstić information content (AvgIpc) is 2.40. The Bertz CT molecular complexity index is 602. The second-order valence-corrected chi connectivity index (χ2v) is 5.73. The predicted molar refractivity (Wildman–Crippen MR) is 78.9 cm³/mol. The number of hydrogen-bond donors (Lipinski definition) is 1. The van der Waals surface area contributed by atoms with E-state index >= 15 is 0 Å². The second kappa shape index (κ2) is 6.03. The van der Waals surface area contributed by atoms with Gasteiger partial charge in [-0.15, -0.1) is 0 Å². The Labute approximate surface area is 127 Å². The molecule has 0 aliphatic carbocycles. The predicted octanol–water partition coefficient (Wildman–Crippen LogP) is 4.44. The number of methoxy groups -OCH3 is 1. The molecule has 0 aliphatic heterocycles. The van der Waals surface area contributed by atoms with Crippen molar-refractivity contribution in [2.24, 2.45) is 0 Å². The highest BCUT2D eigenvalue weighted by Crippen LogP contribution is 2.33. The third-order valence-electron chi connectivity index (χ3n) is 2.75. The van der Waals surface area contributed by atoms with E-state index in [0.717, 1.165) is 0 Å². The quantitative estimate of drug-likeness (QED) is 0.840. The molecule has 0 fully saturated rings. The first-order chi connectivity index (χ1) is 9.02. The molecule has 0 saturated heterocycles. The Morgan fingerprint density at radius 1 is 1.11 bits per heavy atom. The molecule has 0 radical (unpaired) electrons. The molecule has 0 saturated carbocycles. The second-order valence-electron chi connectivity index (χ2n) is 3.96. The maximum Gasteiger partial charge on any atom is 0.129 e. The normalized spacial score (nSPS) is 12.3. The molecule has 2 nitrogen and oxygen atoms in total. The summed E-state index contributed by atoms with van der Waals surface area (Å²) >= 11 is 6.62. The van der Waals surface area contributed by atoms with Crippen LogP contribution in [0, 0.1) is 5.82 Å².